The van der Waals surface area contributed by atoms with Crippen molar-refractivity contribution in [3.05, 3.63) is 119 Å². The van der Waals surface area contributed by atoms with E-state index in [9.17, 15) is 4.79 Å². The number of esters is 1. The number of hydrogen-bond donors (Lipinski definition) is 0. The fraction of sp³-hybridized carbons (Fsp3) is 0.219. The van der Waals surface area contributed by atoms with Gasteiger partial charge in [0.15, 0.2) is 0 Å². The lowest BCUT2D eigenvalue weighted by molar-refractivity contribution is -0.148. The average Bonchev–Trinajstić information content (AvgIpc) is 2.90. The minimum absolute atomic E-state index is 0.0247. The Morgan fingerprint density at radius 3 is 1.92 bits per heavy atom. The van der Waals surface area contributed by atoms with Gasteiger partial charge in [-0.15, -0.1) is 0 Å². The van der Waals surface area contributed by atoms with Crippen LogP contribution in [0.3, 0.4) is 0 Å². The third-order valence-electron chi connectivity index (χ3n) is 6.26. The second kappa shape index (κ2) is 12.4. The van der Waals surface area contributed by atoms with Crippen LogP contribution >= 0.6 is 11.6 Å². The molecule has 184 valence electrons. The summed E-state index contributed by atoms with van der Waals surface area (Å²) in [5.74, 6) is 1.38. The third kappa shape index (κ3) is 7.22. The standard InChI is InChI=1S/C32H31ClO3/c1-3-23(2)35-32(34)22-28(21-24-7-5-4-6-8-24)27-13-19-31(20-14-27)36-30-17-11-26(12-18-30)25-9-15-29(33)16-10-25/h4-20,23,28H,3,21-22H2,1-2H3. The molecule has 4 rings (SSSR count). The van der Waals surface area contributed by atoms with Gasteiger partial charge in [-0.1, -0.05) is 85.3 Å². The van der Waals surface area contributed by atoms with Crippen molar-refractivity contribution in [2.75, 3.05) is 0 Å². The van der Waals surface area contributed by atoms with Crippen molar-refractivity contribution in [3.63, 3.8) is 0 Å². The zero-order chi connectivity index (χ0) is 25.3. The third-order valence-corrected chi connectivity index (χ3v) is 6.52. The summed E-state index contributed by atoms with van der Waals surface area (Å²) in [6.07, 6.45) is 1.84. The highest BCUT2D eigenvalue weighted by molar-refractivity contribution is 6.30. The first kappa shape index (κ1) is 25.5. The molecule has 0 fully saturated rings. The molecule has 0 bridgehead atoms. The van der Waals surface area contributed by atoms with E-state index >= 15 is 0 Å². The molecule has 2 unspecified atom stereocenters. The normalized spacial score (nSPS) is 12.5. The maximum atomic E-state index is 12.6. The molecule has 0 N–H and O–H groups in total. The van der Waals surface area contributed by atoms with Crippen LogP contribution < -0.4 is 4.74 Å². The SMILES string of the molecule is CCC(C)OC(=O)CC(Cc1ccccc1)c1ccc(Oc2ccc(-c3ccc(Cl)cc3)cc2)cc1. The number of ether oxygens (including phenoxy) is 2. The summed E-state index contributed by atoms with van der Waals surface area (Å²) in [6.45, 7) is 3.95. The Morgan fingerprint density at radius 1 is 0.778 bits per heavy atom. The molecule has 0 saturated carbocycles. The van der Waals surface area contributed by atoms with Crippen LogP contribution in [0.15, 0.2) is 103 Å². The molecule has 0 aliphatic rings. The minimum Gasteiger partial charge on any atom is -0.463 e. The molecule has 3 nitrogen and oxygen atoms in total. The summed E-state index contributed by atoms with van der Waals surface area (Å²) in [5.41, 5.74) is 4.49. The molecule has 0 amide bonds. The lowest BCUT2D eigenvalue weighted by Crippen LogP contribution is -2.17. The number of hydrogen-bond acceptors (Lipinski definition) is 3. The molecule has 4 aromatic rings. The van der Waals surface area contributed by atoms with Crippen LogP contribution in [-0.2, 0) is 16.0 Å². The van der Waals surface area contributed by atoms with Gasteiger partial charge in [-0.3, -0.25) is 4.79 Å². The van der Waals surface area contributed by atoms with Crippen molar-refractivity contribution in [2.24, 2.45) is 0 Å². The van der Waals surface area contributed by atoms with Crippen LogP contribution in [0.4, 0.5) is 0 Å². The largest absolute Gasteiger partial charge is 0.463 e. The van der Waals surface area contributed by atoms with E-state index in [1.807, 2.05) is 105 Å². The van der Waals surface area contributed by atoms with Crippen molar-refractivity contribution < 1.29 is 14.3 Å². The van der Waals surface area contributed by atoms with E-state index in [2.05, 4.69) is 12.1 Å². The van der Waals surface area contributed by atoms with Gasteiger partial charge in [0, 0.05) is 5.02 Å². The van der Waals surface area contributed by atoms with Crippen LogP contribution in [-0.4, -0.2) is 12.1 Å². The Bertz CT molecular complexity index is 1230. The van der Waals surface area contributed by atoms with Crippen LogP contribution in [0.2, 0.25) is 5.02 Å². The molecule has 0 heterocycles. The first-order valence-electron chi connectivity index (χ1n) is 12.4. The lowest BCUT2D eigenvalue weighted by atomic mass is 9.89. The molecule has 0 aromatic heterocycles. The van der Waals surface area contributed by atoms with Crippen molar-refractivity contribution in [2.45, 2.75) is 45.1 Å². The summed E-state index contributed by atoms with van der Waals surface area (Å²) < 4.78 is 11.6. The Balaban J connectivity index is 1.45. The first-order chi connectivity index (χ1) is 17.5. The van der Waals surface area contributed by atoms with Crippen molar-refractivity contribution in [1.29, 1.82) is 0 Å². The van der Waals surface area contributed by atoms with Crippen molar-refractivity contribution in [3.8, 4) is 22.6 Å². The Kier molecular flexibility index (Phi) is 8.80. The molecule has 36 heavy (non-hydrogen) atoms. The van der Waals surface area contributed by atoms with Crippen molar-refractivity contribution >= 4 is 17.6 Å². The quantitative estimate of drug-likeness (QED) is 0.205. The second-order valence-corrected chi connectivity index (χ2v) is 9.44. The zero-order valence-corrected chi connectivity index (χ0v) is 21.4. The van der Waals surface area contributed by atoms with E-state index in [-0.39, 0.29) is 18.0 Å². The Hall–Kier alpha value is -3.56. The number of benzene rings is 4. The molecule has 2 atom stereocenters. The van der Waals surface area contributed by atoms with Gasteiger partial charge in [0.2, 0.25) is 0 Å². The molecule has 0 radical (unpaired) electrons. The maximum Gasteiger partial charge on any atom is 0.306 e. The number of rotatable bonds is 10. The predicted octanol–water partition coefficient (Wildman–Crippen LogP) is 8.86. The summed E-state index contributed by atoms with van der Waals surface area (Å²) in [6, 6.07) is 34.0. The topological polar surface area (TPSA) is 35.5 Å². The van der Waals surface area contributed by atoms with Gasteiger partial charge >= 0.3 is 5.97 Å². The highest BCUT2D eigenvalue weighted by atomic mass is 35.5. The number of carbonyl (C=O) groups excluding carboxylic acids is 1. The summed E-state index contributed by atoms with van der Waals surface area (Å²) in [4.78, 5) is 12.6. The minimum atomic E-state index is -0.161. The number of halogens is 1. The second-order valence-electron chi connectivity index (χ2n) is 9.00. The predicted molar refractivity (Wildman–Crippen MR) is 147 cm³/mol. The first-order valence-corrected chi connectivity index (χ1v) is 12.7. The molecule has 0 aliphatic carbocycles. The average molecular weight is 499 g/mol. The van der Waals surface area contributed by atoms with E-state index in [1.165, 1.54) is 5.56 Å². The lowest BCUT2D eigenvalue weighted by Gasteiger charge is -2.19. The van der Waals surface area contributed by atoms with E-state index in [1.54, 1.807) is 0 Å². The zero-order valence-electron chi connectivity index (χ0n) is 20.7. The Morgan fingerprint density at radius 2 is 1.33 bits per heavy atom. The molecule has 0 saturated heterocycles. The summed E-state index contributed by atoms with van der Waals surface area (Å²) in [5, 5.41) is 0.723. The molecule has 4 aromatic carbocycles. The highest BCUT2D eigenvalue weighted by Crippen LogP contribution is 2.30. The number of carbonyl (C=O) groups is 1. The van der Waals surface area contributed by atoms with Gasteiger partial charge < -0.3 is 9.47 Å². The van der Waals surface area contributed by atoms with Gasteiger partial charge in [0.1, 0.15) is 11.5 Å². The monoisotopic (exact) mass is 498 g/mol. The van der Waals surface area contributed by atoms with Crippen LogP contribution in [0.1, 0.15) is 43.7 Å². The van der Waals surface area contributed by atoms with Crippen LogP contribution in [0.5, 0.6) is 11.5 Å². The van der Waals surface area contributed by atoms with E-state index in [0.29, 0.717) is 6.42 Å². The maximum absolute atomic E-state index is 12.6. The van der Waals surface area contributed by atoms with E-state index < -0.39 is 0 Å². The van der Waals surface area contributed by atoms with Gasteiger partial charge in [0.05, 0.1) is 12.5 Å². The summed E-state index contributed by atoms with van der Waals surface area (Å²) in [7, 11) is 0. The van der Waals surface area contributed by atoms with Crippen LogP contribution in [0, 0.1) is 0 Å². The highest BCUT2D eigenvalue weighted by Gasteiger charge is 2.19. The van der Waals surface area contributed by atoms with E-state index in [0.717, 1.165) is 46.1 Å². The molecular formula is C32H31ClO3. The fourth-order valence-corrected chi connectivity index (χ4v) is 4.19. The van der Waals surface area contributed by atoms with Gasteiger partial charge in [-0.25, -0.2) is 0 Å². The van der Waals surface area contributed by atoms with Crippen molar-refractivity contribution in [1.82, 2.24) is 0 Å². The van der Waals surface area contributed by atoms with E-state index in [4.69, 9.17) is 21.1 Å². The fourth-order valence-electron chi connectivity index (χ4n) is 4.07. The van der Waals surface area contributed by atoms with Gasteiger partial charge in [-0.05, 0) is 84.3 Å². The molecule has 0 aliphatic heterocycles. The molecule has 4 heteroatoms. The Labute approximate surface area is 218 Å². The molecular weight excluding hydrogens is 468 g/mol. The summed E-state index contributed by atoms with van der Waals surface area (Å²) >= 11 is 5.99. The molecule has 0 spiro atoms. The van der Waals surface area contributed by atoms with Crippen LogP contribution in [0.25, 0.3) is 11.1 Å². The van der Waals surface area contributed by atoms with Gasteiger partial charge in [-0.2, -0.15) is 0 Å². The smallest absolute Gasteiger partial charge is 0.306 e. The van der Waals surface area contributed by atoms with Gasteiger partial charge in [0.25, 0.3) is 0 Å².